The number of nitrogens with one attached hydrogen (secondary N) is 1. The minimum absolute atomic E-state index is 0.157. The van der Waals surface area contributed by atoms with Crippen LogP contribution < -0.4 is 10.1 Å². The maximum Gasteiger partial charge on any atom is 0.139 e. The molecule has 0 aliphatic carbocycles. The van der Waals surface area contributed by atoms with Crippen molar-refractivity contribution in [2.45, 2.75) is 6.10 Å². The average Bonchev–Trinajstić information content (AvgIpc) is 2.31. The van der Waals surface area contributed by atoms with Crippen LogP contribution in [-0.4, -0.2) is 30.9 Å². The van der Waals surface area contributed by atoms with Crippen LogP contribution in [0.15, 0.2) is 30.9 Å². The standard InChI is InChI=1S/C12H15Cl2NO2/c1-2-6-15-7-9(16)8-17-11-5-3-4-10(13)12(11)14/h2-5,9,15-16H,1,6-8H2. The fourth-order valence-corrected chi connectivity index (χ4v) is 1.54. The lowest BCUT2D eigenvalue weighted by molar-refractivity contribution is 0.107. The van der Waals surface area contributed by atoms with E-state index in [9.17, 15) is 5.11 Å². The molecule has 5 heteroatoms. The van der Waals surface area contributed by atoms with Gasteiger partial charge in [0.05, 0.1) is 5.02 Å². The van der Waals surface area contributed by atoms with Gasteiger partial charge >= 0.3 is 0 Å². The number of ether oxygens (including phenoxy) is 1. The molecule has 1 aromatic rings. The molecule has 0 aromatic heterocycles. The molecule has 0 aliphatic rings. The third-order valence-electron chi connectivity index (χ3n) is 2.02. The molecule has 0 spiro atoms. The van der Waals surface area contributed by atoms with Crippen LogP contribution in [0, 0.1) is 0 Å². The number of rotatable bonds is 7. The van der Waals surface area contributed by atoms with Crippen LogP contribution in [0.2, 0.25) is 10.0 Å². The van der Waals surface area contributed by atoms with E-state index in [0.29, 0.717) is 28.9 Å². The molecule has 0 radical (unpaired) electrons. The van der Waals surface area contributed by atoms with E-state index in [4.69, 9.17) is 27.9 Å². The molecular formula is C12H15Cl2NO2. The summed E-state index contributed by atoms with van der Waals surface area (Å²) in [7, 11) is 0. The second-order valence-corrected chi connectivity index (χ2v) is 4.25. The number of hydrogen-bond donors (Lipinski definition) is 2. The summed E-state index contributed by atoms with van der Waals surface area (Å²) >= 11 is 11.8. The molecule has 1 atom stereocenters. The Labute approximate surface area is 111 Å². The summed E-state index contributed by atoms with van der Waals surface area (Å²) < 4.78 is 5.38. The summed E-state index contributed by atoms with van der Waals surface area (Å²) in [6.07, 6.45) is 1.12. The normalized spacial score (nSPS) is 12.2. The smallest absolute Gasteiger partial charge is 0.139 e. The predicted molar refractivity (Wildman–Crippen MR) is 71.0 cm³/mol. The van der Waals surface area contributed by atoms with Gasteiger partial charge in [0.2, 0.25) is 0 Å². The Morgan fingerprint density at radius 2 is 2.24 bits per heavy atom. The quantitative estimate of drug-likeness (QED) is 0.594. The molecule has 2 N–H and O–H groups in total. The van der Waals surface area contributed by atoms with Crippen molar-refractivity contribution in [1.29, 1.82) is 0 Å². The van der Waals surface area contributed by atoms with Crippen LogP contribution in [0.4, 0.5) is 0 Å². The van der Waals surface area contributed by atoms with E-state index in [1.54, 1.807) is 24.3 Å². The van der Waals surface area contributed by atoms with E-state index in [-0.39, 0.29) is 6.61 Å². The summed E-state index contributed by atoms with van der Waals surface area (Å²) in [6, 6.07) is 5.13. The summed E-state index contributed by atoms with van der Waals surface area (Å²) in [6.45, 7) is 4.80. The lowest BCUT2D eigenvalue weighted by Crippen LogP contribution is -2.31. The molecule has 0 saturated heterocycles. The van der Waals surface area contributed by atoms with Crippen molar-refractivity contribution >= 4 is 23.2 Å². The van der Waals surface area contributed by atoms with Gasteiger partial charge in [0.1, 0.15) is 23.5 Å². The van der Waals surface area contributed by atoms with E-state index in [1.807, 2.05) is 0 Å². The SMILES string of the molecule is C=CCNCC(O)COc1cccc(Cl)c1Cl. The first-order valence-corrected chi connectivity index (χ1v) is 5.97. The fraction of sp³-hybridized carbons (Fsp3) is 0.333. The van der Waals surface area contributed by atoms with Crippen LogP contribution in [0.3, 0.4) is 0 Å². The number of aliphatic hydroxyl groups is 1. The highest BCUT2D eigenvalue weighted by Crippen LogP contribution is 2.31. The summed E-state index contributed by atoms with van der Waals surface area (Å²) in [5, 5.41) is 13.4. The molecule has 1 aromatic carbocycles. The Balaban J connectivity index is 2.39. The van der Waals surface area contributed by atoms with Crippen molar-refractivity contribution in [3.05, 3.63) is 40.9 Å². The van der Waals surface area contributed by atoms with Crippen molar-refractivity contribution in [3.63, 3.8) is 0 Å². The molecule has 0 fully saturated rings. The topological polar surface area (TPSA) is 41.5 Å². The first-order valence-electron chi connectivity index (χ1n) is 5.21. The monoisotopic (exact) mass is 275 g/mol. The molecule has 3 nitrogen and oxygen atoms in total. The first kappa shape index (κ1) is 14.3. The Hall–Kier alpha value is -0.740. The molecule has 17 heavy (non-hydrogen) atoms. The Morgan fingerprint density at radius 1 is 1.47 bits per heavy atom. The molecule has 0 aliphatic heterocycles. The van der Waals surface area contributed by atoms with Gasteiger partial charge in [-0.3, -0.25) is 0 Å². The van der Waals surface area contributed by atoms with Crippen molar-refractivity contribution in [2.75, 3.05) is 19.7 Å². The van der Waals surface area contributed by atoms with Crippen LogP contribution in [-0.2, 0) is 0 Å². The van der Waals surface area contributed by atoms with Gasteiger partial charge < -0.3 is 15.2 Å². The maximum absolute atomic E-state index is 9.60. The van der Waals surface area contributed by atoms with Crippen LogP contribution in [0.5, 0.6) is 5.75 Å². The molecule has 0 saturated carbocycles. The van der Waals surface area contributed by atoms with Gasteiger partial charge in [0, 0.05) is 13.1 Å². The largest absolute Gasteiger partial charge is 0.489 e. The average molecular weight is 276 g/mol. The molecule has 94 valence electrons. The molecule has 1 rings (SSSR count). The third kappa shape index (κ3) is 4.96. The van der Waals surface area contributed by atoms with Gasteiger partial charge in [-0.2, -0.15) is 0 Å². The highest BCUT2D eigenvalue weighted by molar-refractivity contribution is 6.42. The second kappa shape index (κ2) is 7.56. The van der Waals surface area contributed by atoms with Gasteiger partial charge in [-0.05, 0) is 12.1 Å². The van der Waals surface area contributed by atoms with Crippen molar-refractivity contribution in [2.24, 2.45) is 0 Å². The Kier molecular flexibility index (Phi) is 6.37. The number of hydrogen-bond acceptors (Lipinski definition) is 3. The van der Waals surface area contributed by atoms with E-state index < -0.39 is 6.10 Å². The third-order valence-corrected chi connectivity index (χ3v) is 2.82. The van der Waals surface area contributed by atoms with Crippen molar-refractivity contribution in [1.82, 2.24) is 5.32 Å². The lowest BCUT2D eigenvalue weighted by atomic mass is 10.3. The number of aliphatic hydroxyl groups excluding tert-OH is 1. The predicted octanol–water partition coefficient (Wildman–Crippen LogP) is 2.51. The first-order chi connectivity index (χ1) is 8.15. The fourth-order valence-electron chi connectivity index (χ4n) is 1.19. The molecule has 0 heterocycles. The van der Waals surface area contributed by atoms with Crippen LogP contribution in [0.1, 0.15) is 0 Å². The second-order valence-electron chi connectivity index (χ2n) is 3.46. The highest BCUT2D eigenvalue weighted by Gasteiger charge is 2.08. The summed E-state index contributed by atoms with van der Waals surface area (Å²) in [5.41, 5.74) is 0. The van der Waals surface area contributed by atoms with E-state index in [2.05, 4.69) is 11.9 Å². The lowest BCUT2D eigenvalue weighted by Gasteiger charge is -2.13. The van der Waals surface area contributed by atoms with Crippen LogP contribution >= 0.6 is 23.2 Å². The van der Waals surface area contributed by atoms with Gasteiger partial charge in [0.25, 0.3) is 0 Å². The minimum Gasteiger partial charge on any atom is -0.489 e. The minimum atomic E-state index is -0.606. The number of halogens is 2. The maximum atomic E-state index is 9.60. The number of benzene rings is 1. The zero-order valence-corrected chi connectivity index (χ0v) is 10.8. The Bertz CT molecular complexity index is 372. The van der Waals surface area contributed by atoms with Crippen molar-refractivity contribution in [3.8, 4) is 5.75 Å². The molecule has 0 bridgehead atoms. The van der Waals surface area contributed by atoms with Gasteiger partial charge in [0.15, 0.2) is 0 Å². The molecule has 1 unspecified atom stereocenters. The highest BCUT2D eigenvalue weighted by atomic mass is 35.5. The summed E-state index contributed by atoms with van der Waals surface area (Å²) in [4.78, 5) is 0. The molecule has 0 amide bonds. The van der Waals surface area contributed by atoms with Gasteiger partial charge in [-0.25, -0.2) is 0 Å². The van der Waals surface area contributed by atoms with E-state index in [1.165, 1.54) is 0 Å². The van der Waals surface area contributed by atoms with Gasteiger partial charge in [-0.15, -0.1) is 6.58 Å². The van der Waals surface area contributed by atoms with E-state index in [0.717, 1.165) is 0 Å². The Morgan fingerprint density at radius 3 is 2.94 bits per heavy atom. The van der Waals surface area contributed by atoms with Crippen molar-refractivity contribution < 1.29 is 9.84 Å². The summed E-state index contributed by atoms with van der Waals surface area (Å²) in [5.74, 6) is 0.474. The molecular weight excluding hydrogens is 261 g/mol. The van der Waals surface area contributed by atoms with E-state index >= 15 is 0 Å². The van der Waals surface area contributed by atoms with Gasteiger partial charge in [-0.1, -0.05) is 35.3 Å². The van der Waals surface area contributed by atoms with Crippen LogP contribution in [0.25, 0.3) is 0 Å². The zero-order chi connectivity index (χ0) is 12.7. The zero-order valence-electron chi connectivity index (χ0n) is 9.33.